The van der Waals surface area contributed by atoms with E-state index in [4.69, 9.17) is 9.47 Å². The first-order valence-electron chi connectivity index (χ1n) is 8.46. The van der Waals surface area contributed by atoms with Crippen LogP contribution in [0.15, 0.2) is 72.1 Å². The van der Waals surface area contributed by atoms with E-state index < -0.39 is 5.97 Å². The molecule has 0 saturated heterocycles. The van der Waals surface area contributed by atoms with Gasteiger partial charge in [0.15, 0.2) is 5.78 Å². The van der Waals surface area contributed by atoms with E-state index in [1.807, 2.05) is 36.6 Å². The number of ketones is 1. The second-order valence-corrected chi connectivity index (χ2v) is 6.54. The Kier molecular flexibility index (Phi) is 6.18. The van der Waals surface area contributed by atoms with Crippen molar-refractivity contribution < 1.29 is 19.1 Å². The summed E-state index contributed by atoms with van der Waals surface area (Å²) in [6.45, 7) is 2.55. The van der Waals surface area contributed by atoms with Gasteiger partial charge in [-0.1, -0.05) is 24.3 Å². The Bertz CT molecular complexity index is 923. The molecule has 0 amide bonds. The highest BCUT2D eigenvalue weighted by Crippen LogP contribution is 2.18. The lowest BCUT2D eigenvalue weighted by Gasteiger charge is -2.03. The predicted molar refractivity (Wildman–Crippen MR) is 107 cm³/mol. The minimum absolute atomic E-state index is 0.125. The van der Waals surface area contributed by atoms with Crippen molar-refractivity contribution in [3.63, 3.8) is 0 Å². The van der Waals surface area contributed by atoms with Gasteiger partial charge in [0.25, 0.3) is 0 Å². The highest BCUT2D eigenvalue weighted by Gasteiger charge is 2.10. The van der Waals surface area contributed by atoms with E-state index in [9.17, 15) is 9.59 Å². The van der Waals surface area contributed by atoms with E-state index in [2.05, 4.69) is 0 Å². The molecule has 0 unspecified atom stereocenters. The number of carbonyl (C=O) groups is 2. The Morgan fingerprint density at radius 1 is 0.963 bits per heavy atom. The zero-order valence-electron chi connectivity index (χ0n) is 14.8. The van der Waals surface area contributed by atoms with Crippen molar-refractivity contribution >= 4 is 29.2 Å². The molecule has 0 saturated carbocycles. The quantitative estimate of drug-likeness (QED) is 0.243. The van der Waals surface area contributed by atoms with E-state index in [0.717, 1.165) is 11.3 Å². The van der Waals surface area contributed by atoms with E-state index in [1.165, 1.54) is 17.4 Å². The third-order valence-corrected chi connectivity index (χ3v) is 4.54. The van der Waals surface area contributed by atoms with Gasteiger partial charge in [-0.05, 0) is 66.4 Å². The van der Waals surface area contributed by atoms with Crippen LogP contribution in [0, 0.1) is 0 Å². The maximum Gasteiger partial charge on any atom is 0.353 e. The summed E-state index contributed by atoms with van der Waals surface area (Å²) < 4.78 is 10.7. The lowest BCUT2D eigenvalue weighted by atomic mass is 10.1. The minimum Gasteiger partial charge on any atom is -0.494 e. The van der Waals surface area contributed by atoms with Crippen LogP contribution in [0.25, 0.3) is 6.08 Å². The van der Waals surface area contributed by atoms with Crippen molar-refractivity contribution in [1.82, 2.24) is 0 Å². The summed E-state index contributed by atoms with van der Waals surface area (Å²) in [6.07, 6.45) is 3.27. The van der Waals surface area contributed by atoms with Gasteiger partial charge < -0.3 is 9.47 Å². The van der Waals surface area contributed by atoms with Crippen LogP contribution in [0.3, 0.4) is 0 Å². The van der Waals surface area contributed by atoms with Crippen LogP contribution < -0.4 is 9.47 Å². The molecular weight excluding hydrogens is 360 g/mol. The second kappa shape index (κ2) is 8.96. The van der Waals surface area contributed by atoms with Crippen LogP contribution in [-0.4, -0.2) is 18.4 Å². The molecule has 1 heterocycles. The van der Waals surface area contributed by atoms with Crippen LogP contribution in [0.4, 0.5) is 0 Å². The van der Waals surface area contributed by atoms with Crippen molar-refractivity contribution in [2.24, 2.45) is 0 Å². The van der Waals surface area contributed by atoms with Crippen LogP contribution in [0.5, 0.6) is 11.5 Å². The zero-order chi connectivity index (χ0) is 19.1. The van der Waals surface area contributed by atoms with Gasteiger partial charge in [-0.3, -0.25) is 4.79 Å². The molecule has 0 bridgehead atoms. The molecule has 4 nitrogen and oxygen atoms in total. The van der Waals surface area contributed by atoms with Crippen LogP contribution >= 0.6 is 11.3 Å². The molecule has 0 aliphatic heterocycles. The molecule has 0 fully saturated rings. The fourth-order valence-electron chi connectivity index (χ4n) is 2.35. The summed E-state index contributed by atoms with van der Waals surface area (Å²) in [5.41, 5.74) is 1.43. The molecule has 0 spiro atoms. The van der Waals surface area contributed by atoms with Crippen molar-refractivity contribution in [2.75, 3.05) is 6.61 Å². The summed E-state index contributed by atoms with van der Waals surface area (Å²) in [6, 6.07) is 17.5. The van der Waals surface area contributed by atoms with E-state index in [0.29, 0.717) is 22.8 Å². The molecule has 3 rings (SSSR count). The first kappa shape index (κ1) is 18.6. The number of esters is 1. The van der Waals surface area contributed by atoms with E-state index in [1.54, 1.807) is 42.5 Å². The van der Waals surface area contributed by atoms with Crippen molar-refractivity contribution in [1.29, 1.82) is 0 Å². The van der Waals surface area contributed by atoms with Crippen molar-refractivity contribution in [3.05, 3.63) is 88.1 Å². The van der Waals surface area contributed by atoms with Gasteiger partial charge in [-0.25, -0.2) is 4.79 Å². The molecule has 0 aliphatic carbocycles. The molecule has 0 atom stereocenters. The highest BCUT2D eigenvalue weighted by molar-refractivity contribution is 7.12. The molecule has 2 aromatic carbocycles. The third kappa shape index (κ3) is 5.15. The van der Waals surface area contributed by atoms with Crippen LogP contribution in [-0.2, 0) is 0 Å². The van der Waals surface area contributed by atoms with E-state index in [-0.39, 0.29) is 5.78 Å². The Balaban J connectivity index is 1.60. The highest BCUT2D eigenvalue weighted by atomic mass is 32.1. The number of hydrogen-bond acceptors (Lipinski definition) is 5. The van der Waals surface area contributed by atoms with Crippen LogP contribution in [0.2, 0.25) is 0 Å². The summed E-state index contributed by atoms with van der Waals surface area (Å²) in [7, 11) is 0. The molecular formula is C22H18O4S. The molecule has 0 N–H and O–H groups in total. The van der Waals surface area contributed by atoms with Gasteiger partial charge in [0, 0.05) is 5.56 Å². The first-order valence-corrected chi connectivity index (χ1v) is 9.34. The molecule has 0 aliphatic rings. The summed E-state index contributed by atoms with van der Waals surface area (Å²) in [4.78, 5) is 24.7. The lowest BCUT2D eigenvalue weighted by molar-refractivity contribution is 0.0740. The number of thiophene rings is 1. The molecule has 1 aromatic heterocycles. The number of rotatable bonds is 7. The fraction of sp³-hybridized carbons (Fsp3) is 0.0909. The standard InChI is InChI=1S/C22H18O4S/c1-2-25-18-10-5-16(6-11-18)7-14-20(23)17-8-12-19(13-9-17)26-22(24)21-4-3-15-27-21/h3-15H,2H2,1H3. The number of hydrogen-bond donors (Lipinski definition) is 0. The van der Waals surface area contributed by atoms with Gasteiger partial charge in [0.2, 0.25) is 0 Å². The number of carbonyl (C=O) groups excluding carboxylic acids is 2. The Hall–Kier alpha value is -3.18. The monoisotopic (exact) mass is 378 g/mol. The average molecular weight is 378 g/mol. The van der Waals surface area contributed by atoms with Gasteiger partial charge >= 0.3 is 5.97 Å². The fourth-order valence-corrected chi connectivity index (χ4v) is 2.95. The minimum atomic E-state index is -0.403. The Labute approximate surface area is 161 Å². The molecule has 0 radical (unpaired) electrons. The maximum atomic E-state index is 12.3. The zero-order valence-corrected chi connectivity index (χ0v) is 15.6. The molecule has 136 valence electrons. The smallest absolute Gasteiger partial charge is 0.353 e. The number of benzene rings is 2. The summed E-state index contributed by atoms with van der Waals surface area (Å²) in [5, 5.41) is 1.81. The maximum absolute atomic E-state index is 12.3. The molecule has 5 heteroatoms. The number of ether oxygens (including phenoxy) is 2. The lowest BCUT2D eigenvalue weighted by Crippen LogP contribution is -2.06. The van der Waals surface area contributed by atoms with Gasteiger partial charge in [-0.2, -0.15) is 0 Å². The Morgan fingerprint density at radius 3 is 2.30 bits per heavy atom. The molecule has 27 heavy (non-hydrogen) atoms. The molecule has 3 aromatic rings. The van der Waals surface area contributed by atoms with E-state index >= 15 is 0 Å². The second-order valence-electron chi connectivity index (χ2n) is 5.59. The van der Waals surface area contributed by atoms with Crippen molar-refractivity contribution in [3.8, 4) is 11.5 Å². The number of allylic oxidation sites excluding steroid dienone is 1. The van der Waals surface area contributed by atoms with Crippen molar-refractivity contribution in [2.45, 2.75) is 6.92 Å². The first-order chi connectivity index (χ1) is 13.2. The Morgan fingerprint density at radius 2 is 1.67 bits per heavy atom. The normalized spacial score (nSPS) is 10.7. The van der Waals surface area contributed by atoms with Gasteiger partial charge in [0.1, 0.15) is 16.4 Å². The van der Waals surface area contributed by atoms with Crippen LogP contribution in [0.1, 0.15) is 32.5 Å². The van der Waals surface area contributed by atoms with Gasteiger partial charge in [-0.15, -0.1) is 11.3 Å². The summed E-state index contributed by atoms with van der Waals surface area (Å²) >= 11 is 1.32. The third-order valence-electron chi connectivity index (χ3n) is 3.69. The van der Waals surface area contributed by atoms with Gasteiger partial charge in [0.05, 0.1) is 6.61 Å². The largest absolute Gasteiger partial charge is 0.494 e. The predicted octanol–water partition coefficient (Wildman–Crippen LogP) is 5.26. The topological polar surface area (TPSA) is 52.6 Å². The average Bonchev–Trinajstić information content (AvgIpc) is 3.23. The SMILES string of the molecule is CCOc1ccc(C=CC(=O)c2ccc(OC(=O)c3cccs3)cc2)cc1. The summed E-state index contributed by atoms with van der Waals surface area (Å²) in [5.74, 6) is 0.675.